The highest BCUT2D eigenvalue weighted by molar-refractivity contribution is 8.26. The molecule has 1 aliphatic rings. The number of aromatic nitrogens is 1. The third-order valence-corrected chi connectivity index (χ3v) is 6.17. The normalized spacial score (nSPS) is 15.6. The Balaban J connectivity index is 2.83. The molecule has 1 aliphatic heterocycles. The Kier molecular flexibility index (Phi) is 7.07. The first kappa shape index (κ1) is 22.2. The number of pyridine rings is 1. The van der Waals surface area contributed by atoms with Crippen LogP contribution in [0.2, 0.25) is 0 Å². The number of nitrogens with zero attached hydrogens (tertiary/aromatic N) is 4. The second-order valence-electron chi connectivity index (χ2n) is 6.72. The number of rotatable bonds is 6. The molecule has 0 atom stereocenters. The van der Waals surface area contributed by atoms with Crippen molar-refractivity contribution in [3.05, 3.63) is 31.9 Å². The molecule has 0 N–H and O–H groups in total. The summed E-state index contributed by atoms with van der Waals surface area (Å²) in [6.07, 6.45) is 1.79. The number of hydrogen-bond donors (Lipinski definition) is 0. The smallest absolute Gasteiger partial charge is 0.270 e. The standard InChI is InChI=1S/C20H26N4O2S2/c1-7-22(8-2)17-14(13(6)15(11-21)18(25)23(17)9-3)10-16-19(26)24(12(4)5)20(27)28-16/h10,12H,7-9H2,1-6H3/b16-10-. The summed E-state index contributed by atoms with van der Waals surface area (Å²) < 4.78 is 2.14. The average molecular weight is 419 g/mol. The van der Waals surface area contributed by atoms with Gasteiger partial charge in [-0.2, -0.15) is 5.26 Å². The molecule has 1 aromatic heterocycles. The van der Waals surface area contributed by atoms with E-state index in [-0.39, 0.29) is 23.1 Å². The van der Waals surface area contributed by atoms with Crippen molar-refractivity contribution < 1.29 is 4.79 Å². The summed E-state index contributed by atoms with van der Waals surface area (Å²) in [5, 5.41) is 9.56. The van der Waals surface area contributed by atoms with Crippen molar-refractivity contribution in [3.8, 4) is 6.07 Å². The maximum atomic E-state index is 12.9. The Labute approximate surface area is 175 Å². The predicted molar refractivity (Wildman–Crippen MR) is 120 cm³/mol. The van der Waals surface area contributed by atoms with Gasteiger partial charge in [0.15, 0.2) is 0 Å². The zero-order valence-corrected chi connectivity index (χ0v) is 18.8. The lowest BCUT2D eigenvalue weighted by Gasteiger charge is -2.28. The quantitative estimate of drug-likeness (QED) is 0.520. The molecule has 0 radical (unpaired) electrons. The molecule has 0 aromatic carbocycles. The topological polar surface area (TPSA) is 69.3 Å². The van der Waals surface area contributed by atoms with Gasteiger partial charge in [-0.3, -0.25) is 19.1 Å². The van der Waals surface area contributed by atoms with Gasteiger partial charge >= 0.3 is 0 Å². The van der Waals surface area contributed by atoms with Crippen molar-refractivity contribution in [2.45, 2.75) is 54.1 Å². The Morgan fingerprint density at radius 1 is 1.25 bits per heavy atom. The average Bonchev–Trinajstić information content (AvgIpc) is 2.93. The lowest BCUT2D eigenvalue weighted by atomic mass is 10.0. The summed E-state index contributed by atoms with van der Waals surface area (Å²) in [5.74, 6) is 0.603. The Bertz CT molecular complexity index is 937. The first-order valence-corrected chi connectivity index (χ1v) is 10.6. The third kappa shape index (κ3) is 3.74. The molecule has 2 heterocycles. The van der Waals surface area contributed by atoms with Crippen molar-refractivity contribution >= 4 is 46.1 Å². The van der Waals surface area contributed by atoms with Crippen LogP contribution < -0.4 is 10.5 Å². The van der Waals surface area contributed by atoms with E-state index in [4.69, 9.17) is 12.2 Å². The van der Waals surface area contributed by atoms with Crippen molar-refractivity contribution in [1.82, 2.24) is 9.47 Å². The molecular weight excluding hydrogens is 392 g/mol. The SMILES string of the molecule is CCN(CC)c1c(/C=C2\SC(=S)N(C(C)C)C2=O)c(C)c(C#N)c(=O)n1CC. The zero-order chi connectivity index (χ0) is 21.2. The van der Waals surface area contributed by atoms with E-state index < -0.39 is 0 Å². The first-order chi connectivity index (χ1) is 13.2. The van der Waals surface area contributed by atoms with Gasteiger partial charge in [0.1, 0.15) is 21.8 Å². The number of anilines is 1. The molecule has 0 aliphatic carbocycles. The van der Waals surface area contributed by atoms with Gasteiger partial charge in [-0.15, -0.1) is 0 Å². The molecule has 1 saturated heterocycles. The van der Waals surface area contributed by atoms with Crippen LogP contribution in [0.3, 0.4) is 0 Å². The fourth-order valence-electron chi connectivity index (χ4n) is 3.36. The Morgan fingerprint density at radius 3 is 2.29 bits per heavy atom. The van der Waals surface area contributed by atoms with Crippen LogP contribution in [-0.2, 0) is 11.3 Å². The van der Waals surface area contributed by atoms with E-state index in [2.05, 4.69) is 4.90 Å². The van der Waals surface area contributed by atoms with Crippen LogP contribution in [0.5, 0.6) is 0 Å². The number of carbonyl (C=O) groups excluding carboxylic acids is 1. The van der Waals surface area contributed by atoms with Gasteiger partial charge in [0.2, 0.25) is 0 Å². The largest absolute Gasteiger partial charge is 0.358 e. The van der Waals surface area contributed by atoms with Gasteiger partial charge < -0.3 is 4.90 Å². The van der Waals surface area contributed by atoms with Crippen LogP contribution in [0.1, 0.15) is 51.3 Å². The van der Waals surface area contributed by atoms with Crippen molar-refractivity contribution in [3.63, 3.8) is 0 Å². The summed E-state index contributed by atoms with van der Waals surface area (Å²) in [5.41, 5.74) is 1.14. The molecule has 1 amide bonds. The number of thioether (sulfide) groups is 1. The summed E-state index contributed by atoms with van der Waals surface area (Å²) >= 11 is 6.64. The minimum Gasteiger partial charge on any atom is -0.358 e. The van der Waals surface area contributed by atoms with Gasteiger partial charge in [-0.05, 0) is 53.2 Å². The fraction of sp³-hybridized carbons (Fsp3) is 0.500. The van der Waals surface area contributed by atoms with Crippen molar-refractivity contribution in [1.29, 1.82) is 5.26 Å². The maximum Gasteiger partial charge on any atom is 0.270 e. The molecule has 2 rings (SSSR count). The molecule has 1 fully saturated rings. The lowest BCUT2D eigenvalue weighted by molar-refractivity contribution is -0.123. The summed E-state index contributed by atoms with van der Waals surface area (Å²) in [7, 11) is 0. The van der Waals surface area contributed by atoms with E-state index in [0.29, 0.717) is 34.4 Å². The van der Waals surface area contributed by atoms with E-state index in [0.717, 1.165) is 11.4 Å². The lowest BCUT2D eigenvalue weighted by Crippen LogP contribution is -2.35. The molecule has 0 unspecified atom stereocenters. The zero-order valence-electron chi connectivity index (χ0n) is 17.2. The fourth-order valence-corrected chi connectivity index (χ4v) is 4.86. The number of hydrogen-bond acceptors (Lipinski definition) is 6. The van der Waals surface area contributed by atoms with Crippen LogP contribution in [0.15, 0.2) is 9.70 Å². The highest BCUT2D eigenvalue weighted by atomic mass is 32.2. The van der Waals surface area contributed by atoms with Crippen LogP contribution in [0.4, 0.5) is 5.82 Å². The second-order valence-corrected chi connectivity index (χ2v) is 8.39. The molecule has 1 aromatic rings. The highest BCUT2D eigenvalue weighted by Crippen LogP contribution is 2.36. The summed E-state index contributed by atoms with van der Waals surface area (Å²) in [6, 6.07) is 2.02. The van der Waals surface area contributed by atoms with Gasteiger partial charge in [0.05, 0.1) is 4.91 Å². The highest BCUT2D eigenvalue weighted by Gasteiger charge is 2.34. The predicted octanol–water partition coefficient (Wildman–Crippen LogP) is 3.50. The number of nitriles is 1. The van der Waals surface area contributed by atoms with E-state index >= 15 is 0 Å². The molecule has 0 bridgehead atoms. The monoisotopic (exact) mass is 418 g/mol. The van der Waals surface area contributed by atoms with Crippen LogP contribution >= 0.6 is 24.0 Å². The van der Waals surface area contributed by atoms with Crippen molar-refractivity contribution in [2.75, 3.05) is 18.0 Å². The second kappa shape index (κ2) is 8.93. The third-order valence-electron chi connectivity index (χ3n) is 4.84. The van der Waals surface area contributed by atoms with E-state index in [9.17, 15) is 14.9 Å². The Hall–Kier alpha value is -2.11. The molecular formula is C20H26N4O2S2. The van der Waals surface area contributed by atoms with Crippen LogP contribution in [0.25, 0.3) is 6.08 Å². The molecule has 0 saturated carbocycles. The van der Waals surface area contributed by atoms with Crippen molar-refractivity contribution in [2.24, 2.45) is 0 Å². The maximum absolute atomic E-state index is 12.9. The Morgan fingerprint density at radius 2 is 1.86 bits per heavy atom. The van der Waals surface area contributed by atoms with Crippen LogP contribution in [-0.4, -0.2) is 38.8 Å². The van der Waals surface area contributed by atoms with E-state index in [1.807, 2.05) is 40.7 Å². The van der Waals surface area contributed by atoms with E-state index in [1.165, 1.54) is 11.8 Å². The van der Waals surface area contributed by atoms with Gasteiger partial charge in [0.25, 0.3) is 11.5 Å². The van der Waals surface area contributed by atoms with E-state index in [1.54, 1.807) is 22.5 Å². The van der Waals surface area contributed by atoms with Crippen LogP contribution in [0, 0.1) is 18.3 Å². The number of thiocarbonyl (C=S) groups is 1. The molecule has 28 heavy (non-hydrogen) atoms. The molecule has 150 valence electrons. The molecule has 0 spiro atoms. The number of carbonyl (C=O) groups is 1. The minimum absolute atomic E-state index is 0.0268. The first-order valence-electron chi connectivity index (χ1n) is 9.42. The molecule has 8 heteroatoms. The van der Waals surface area contributed by atoms with Gasteiger partial charge in [0, 0.05) is 31.2 Å². The minimum atomic E-state index is -0.295. The summed E-state index contributed by atoms with van der Waals surface area (Å²) in [6.45, 7) is 13.4. The van der Waals surface area contributed by atoms with Gasteiger partial charge in [-0.25, -0.2) is 0 Å². The number of amides is 1. The van der Waals surface area contributed by atoms with Gasteiger partial charge in [-0.1, -0.05) is 24.0 Å². The molecule has 6 nitrogen and oxygen atoms in total. The summed E-state index contributed by atoms with van der Waals surface area (Å²) in [4.78, 5) is 29.9.